The second-order valence-electron chi connectivity index (χ2n) is 5.88. The van der Waals surface area contributed by atoms with Gasteiger partial charge in [-0.25, -0.2) is 4.98 Å². The largest absolute Gasteiger partial charge is 0.292 e. The van der Waals surface area contributed by atoms with Crippen molar-refractivity contribution in [3.63, 3.8) is 0 Å². The molecule has 118 valence electrons. The fourth-order valence-electron chi connectivity index (χ4n) is 2.66. The molecule has 0 unspecified atom stereocenters. The molecule has 0 radical (unpaired) electrons. The number of rotatable bonds is 3. The third-order valence-electron chi connectivity index (χ3n) is 4.16. The van der Waals surface area contributed by atoms with Crippen LogP contribution < -0.4 is 5.56 Å². The van der Waals surface area contributed by atoms with Gasteiger partial charge < -0.3 is 0 Å². The summed E-state index contributed by atoms with van der Waals surface area (Å²) in [5, 5.41) is 0.628. The fraction of sp³-hybridized carbons (Fsp3) is 0.278. The fourth-order valence-corrected chi connectivity index (χ4v) is 3.65. The van der Waals surface area contributed by atoms with Crippen LogP contribution in [0.4, 0.5) is 0 Å². The van der Waals surface area contributed by atoms with Gasteiger partial charge in [-0.2, -0.15) is 0 Å². The molecule has 3 aromatic rings. The van der Waals surface area contributed by atoms with E-state index in [4.69, 9.17) is 0 Å². The average Bonchev–Trinajstić information content (AvgIpc) is 2.80. The summed E-state index contributed by atoms with van der Waals surface area (Å²) in [4.78, 5) is 31.4. The molecule has 0 saturated carbocycles. The number of benzene rings is 1. The Labute approximate surface area is 138 Å². The maximum atomic E-state index is 12.7. The van der Waals surface area contributed by atoms with Gasteiger partial charge in [-0.15, -0.1) is 11.3 Å². The van der Waals surface area contributed by atoms with Gasteiger partial charge in [-0.05, 0) is 44.9 Å². The number of hydrogen-bond donors (Lipinski definition) is 0. The summed E-state index contributed by atoms with van der Waals surface area (Å²) in [5.41, 5.74) is 3.43. The first-order valence-corrected chi connectivity index (χ1v) is 8.25. The van der Waals surface area contributed by atoms with E-state index in [2.05, 4.69) is 4.98 Å². The number of carbonyl (C=O) groups is 1. The lowest BCUT2D eigenvalue weighted by atomic mass is 10.0. The van der Waals surface area contributed by atoms with Gasteiger partial charge in [-0.1, -0.05) is 17.7 Å². The van der Waals surface area contributed by atoms with Crippen molar-refractivity contribution in [2.75, 3.05) is 0 Å². The molecule has 5 heteroatoms. The van der Waals surface area contributed by atoms with Crippen molar-refractivity contribution >= 4 is 27.3 Å². The van der Waals surface area contributed by atoms with Crippen LogP contribution in [0.2, 0.25) is 0 Å². The molecule has 0 amide bonds. The molecule has 23 heavy (non-hydrogen) atoms. The lowest BCUT2D eigenvalue weighted by Gasteiger charge is -2.08. The van der Waals surface area contributed by atoms with E-state index < -0.39 is 0 Å². The van der Waals surface area contributed by atoms with E-state index >= 15 is 0 Å². The van der Waals surface area contributed by atoms with Gasteiger partial charge in [0.2, 0.25) is 0 Å². The van der Waals surface area contributed by atoms with Gasteiger partial charge in [-0.3, -0.25) is 14.2 Å². The van der Waals surface area contributed by atoms with Crippen LogP contribution in [0.25, 0.3) is 10.2 Å². The van der Waals surface area contributed by atoms with E-state index in [0.717, 1.165) is 26.4 Å². The minimum Gasteiger partial charge on any atom is -0.292 e. The zero-order valence-electron chi connectivity index (χ0n) is 13.6. The molecule has 3 rings (SSSR count). The minimum absolute atomic E-state index is 0.0143. The molecule has 0 aliphatic rings. The highest BCUT2D eigenvalue weighted by atomic mass is 32.1. The minimum atomic E-state index is -0.143. The number of aromatic nitrogens is 2. The molecule has 0 saturated heterocycles. The number of ketones is 1. The highest BCUT2D eigenvalue weighted by Gasteiger charge is 2.15. The van der Waals surface area contributed by atoms with E-state index in [1.807, 2.05) is 45.9 Å². The molecule has 2 heterocycles. The monoisotopic (exact) mass is 326 g/mol. The summed E-state index contributed by atoms with van der Waals surface area (Å²) < 4.78 is 1.41. The lowest BCUT2D eigenvalue weighted by molar-refractivity contribution is 0.0970. The van der Waals surface area contributed by atoms with E-state index in [-0.39, 0.29) is 17.9 Å². The second-order valence-corrected chi connectivity index (χ2v) is 7.09. The van der Waals surface area contributed by atoms with Crippen LogP contribution in [0.1, 0.15) is 31.9 Å². The van der Waals surface area contributed by atoms with Crippen molar-refractivity contribution < 1.29 is 4.79 Å². The van der Waals surface area contributed by atoms with Gasteiger partial charge >= 0.3 is 0 Å². The third kappa shape index (κ3) is 2.72. The standard InChI is InChI=1S/C18H18N2O2S/c1-10-5-6-11(2)14(7-10)15(21)8-20-9-19-17-16(18(20)22)12(3)13(4)23-17/h5-7,9H,8H2,1-4H3. The SMILES string of the molecule is Cc1ccc(C)c(C(=O)Cn2cnc3sc(C)c(C)c3c2=O)c1. The molecule has 2 aromatic heterocycles. The van der Waals surface area contributed by atoms with Crippen LogP contribution in [-0.2, 0) is 6.54 Å². The molecule has 0 N–H and O–H groups in total. The Bertz CT molecular complexity index is 983. The predicted molar refractivity (Wildman–Crippen MR) is 93.6 cm³/mol. The Morgan fingerprint density at radius 2 is 1.96 bits per heavy atom. The second kappa shape index (κ2) is 5.74. The van der Waals surface area contributed by atoms with Crippen LogP contribution >= 0.6 is 11.3 Å². The molecule has 0 atom stereocenters. The van der Waals surface area contributed by atoms with Crippen molar-refractivity contribution in [3.05, 3.63) is 62.0 Å². The van der Waals surface area contributed by atoms with Crippen molar-refractivity contribution in [2.45, 2.75) is 34.2 Å². The van der Waals surface area contributed by atoms with Crippen molar-refractivity contribution in [3.8, 4) is 0 Å². The Morgan fingerprint density at radius 3 is 2.70 bits per heavy atom. The summed E-state index contributed by atoms with van der Waals surface area (Å²) in [7, 11) is 0. The number of fused-ring (bicyclic) bond motifs is 1. The summed E-state index contributed by atoms with van der Waals surface area (Å²) >= 11 is 1.51. The summed E-state index contributed by atoms with van der Waals surface area (Å²) in [5.74, 6) is -0.0703. The number of hydrogen-bond acceptors (Lipinski definition) is 4. The number of nitrogens with zero attached hydrogens (tertiary/aromatic N) is 2. The Kier molecular flexibility index (Phi) is 3.90. The highest BCUT2D eigenvalue weighted by molar-refractivity contribution is 7.18. The summed E-state index contributed by atoms with van der Waals surface area (Å²) in [6, 6.07) is 5.78. The average molecular weight is 326 g/mol. The zero-order valence-corrected chi connectivity index (χ0v) is 14.5. The molecule has 4 nitrogen and oxygen atoms in total. The topological polar surface area (TPSA) is 52.0 Å². The van der Waals surface area contributed by atoms with Crippen LogP contribution in [-0.4, -0.2) is 15.3 Å². The predicted octanol–water partition coefficient (Wildman–Crippen LogP) is 3.57. The van der Waals surface area contributed by atoms with Crippen LogP contribution in [0.15, 0.2) is 29.3 Å². The van der Waals surface area contributed by atoms with Gasteiger partial charge in [0.15, 0.2) is 5.78 Å². The van der Waals surface area contributed by atoms with E-state index in [1.54, 1.807) is 0 Å². The normalized spacial score (nSPS) is 11.1. The van der Waals surface area contributed by atoms with Crippen molar-refractivity contribution in [2.24, 2.45) is 0 Å². The highest BCUT2D eigenvalue weighted by Crippen LogP contribution is 2.25. The van der Waals surface area contributed by atoms with E-state index in [0.29, 0.717) is 10.9 Å². The molecule has 0 bridgehead atoms. The maximum Gasteiger partial charge on any atom is 0.262 e. The van der Waals surface area contributed by atoms with Crippen LogP contribution in [0, 0.1) is 27.7 Å². The van der Waals surface area contributed by atoms with Crippen LogP contribution in [0.5, 0.6) is 0 Å². The van der Waals surface area contributed by atoms with Crippen LogP contribution in [0.3, 0.4) is 0 Å². The lowest BCUT2D eigenvalue weighted by Crippen LogP contribution is -2.25. The molecule has 0 aliphatic carbocycles. The van der Waals surface area contributed by atoms with E-state index in [9.17, 15) is 9.59 Å². The Balaban J connectivity index is 2.03. The molecule has 1 aromatic carbocycles. The third-order valence-corrected chi connectivity index (χ3v) is 5.28. The molecule has 0 spiro atoms. The first-order valence-electron chi connectivity index (χ1n) is 7.44. The van der Waals surface area contributed by atoms with Gasteiger partial charge in [0.25, 0.3) is 5.56 Å². The Morgan fingerprint density at radius 1 is 1.22 bits per heavy atom. The van der Waals surface area contributed by atoms with Gasteiger partial charge in [0.1, 0.15) is 4.83 Å². The summed E-state index contributed by atoms with van der Waals surface area (Å²) in [6.07, 6.45) is 1.48. The zero-order chi connectivity index (χ0) is 16.7. The number of Topliss-reactive ketones (excluding diaryl/α,β-unsaturated/α-hetero) is 1. The van der Waals surface area contributed by atoms with Crippen molar-refractivity contribution in [1.29, 1.82) is 0 Å². The molecule has 0 aliphatic heterocycles. The van der Waals surface area contributed by atoms with E-state index in [1.165, 1.54) is 22.2 Å². The number of carbonyl (C=O) groups excluding carboxylic acids is 1. The maximum absolute atomic E-state index is 12.7. The van der Waals surface area contributed by atoms with Gasteiger partial charge in [0, 0.05) is 10.4 Å². The molecular weight excluding hydrogens is 308 g/mol. The number of aryl methyl sites for hydroxylation is 4. The first-order chi connectivity index (χ1) is 10.9. The van der Waals surface area contributed by atoms with Crippen molar-refractivity contribution in [1.82, 2.24) is 9.55 Å². The Hall–Kier alpha value is -2.27. The smallest absolute Gasteiger partial charge is 0.262 e. The summed E-state index contributed by atoms with van der Waals surface area (Å²) in [6.45, 7) is 7.78. The molecular formula is C18H18N2O2S. The molecule has 0 fully saturated rings. The quantitative estimate of drug-likeness (QED) is 0.691. The van der Waals surface area contributed by atoms with Gasteiger partial charge in [0.05, 0.1) is 18.3 Å². The number of thiophene rings is 1. The first kappa shape index (κ1) is 15.6.